The molecule has 0 amide bonds. The van der Waals surface area contributed by atoms with Crippen LogP contribution in [-0.4, -0.2) is 19.5 Å². The summed E-state index contributed by atoms with van der Waals surface area (Å²) in [5.41, 5.74) is 10.5. The molecule has 0 aliphatic rings. The first kappa shape index (κ1) is 37.5. The smallest absolute Gasteiger partial charge is 0.167 e. The summed E-state index contributed by atoms with van der Waals surface area (Å²) in [7, 11) is 0. The van der Waals surface area contributed by atoms with Gasteiger partial charge in [0.25, 0.3) is 0 Å². The standard InChI is InChI=1S/C63H34N4O3/c1-3-14-37-32-51-47(28-35(37)12-1)48-29-36-13-2-4-15-38(36)33-52(48)67(51)41-26-24-39-30-50(60-59(46(39)34-41)44-18-7-10-22-55(44)70-60)63-65-61(40-25-27-56-49(31-40)42-16-5-8-20-53(42)68-56)64-62(66-63)45-19-11-23-57-58(45)43-17-6-9-21-54(43)69-57/h1-34H. The molecule has 0 radical (unpaired) electrons. The third kappa shape index (κ3) is 5.37. The zero-order chi connectivity index (χ0) is 45.6. The number of furan rings is 3. The molecule has 0 aliphatic heterocycles. The Morgan fingerprint density at radius 3 is 1.56 bits per heavy atom. The van der Waals surface area contributed by atoms with Crippen molar-refractivity contribution < 1.29 is 13.3 Å². The number of rotatable bonds is 4. The topological polar surface area (TPSA) is 83.0 Å². The second-order valence-corrected chi connectivity index (χ2v) is 18.3. The molecular weight excluding hydrogens is 861 g/mol. The van der Waals surface area contributed by atoms with E-state index in [0.717, 1.165) is 104 Å². The van der Waals surface area contributed by atoms with Gasteiger partial charge < -0.3 is 17.8 Å². The maximum absolute atomic E-state index is 6.98. The number of para-hydroxylation sites is 3. The second-order valence-electron chi connectivity index (χ2n) is 18.3. The van der Waals surface area contributed by atoms with E-state index in [0.29, 0.717) is 23.1 Å². The third-order valence-corrected chi connectivity index (χ3v) is 14.4. The fraction of sp³-hybridized carbons (Fsp3) is 0. The van der Waals surface area contributed by atoms with Gasteiger partial charge in [-0.3, -0.25) is 0 Å². The zero-order valence-corrected chi connectivity index (χ0v) is 37.1. The van der Waals surface area contributed by atoms with E-state index in [-0.39, 0.29) is 0 Å². The van der Waals surface area contributed by atoms with E-state index >= 15 is 0 Å². The lowest BCUT2D eigenvalue weighted by atomic mass is 9.99. The van der Waals surface area contributed by atoms with E-state index in [1.54, 1.807) is 0 Å². The first-order valence-electron chi connectivity index (χ1n) is 23.5. The number of aromatic nitrogens is 4. The number of benzene rings is 11. The van der Waals surface area contributed by atoms with E-state index in [9.17, 15) is 0 Å². The fourth-order valence-corrected chi connectivity index (χ4v) is 11.2. The van der Waals surface area contributed by atoms with Crippen LogP contribution in [0.5, 0.6) is 0 Å². The first-order chi connectivity index (χ1) is 34.6. The molecule has 0 aliphatic carbocycles. The number of fused-ring (bicyclic) bond motifs is 16. The Morgan fingerprint density at radius 2 is 0.843 bits per heavy atom. The van der Waals surface area contributed by atoms with Crippen LogP contribution in [0.3, 0.4) is 0 Å². The van der Waals surface area contributed by atoms with E-state index < -0.39 is 0 Å². The Kier molecular flexibility index (Phi) is 7.49. The Morgan fingerprint density at radius 1 is 0.300 bits per heavy atom. The normalized spacial score (nSPS) is 12.3. The molecule has 0 N–H and O–H groups in total. The summed E-state index contributed by atoms with van der Waals surface area (Å²) >= 11 is 0. The molecule has 7 heteroatoms. The summed E-state index contributed by atoms with van der Waals surface area (Å²) in [6, 6.07) is 72.3. The third-order valence-electron chi connectivity index (χ3n) is 14.4. The largest absolute Gasteiger partial charge is 0.456 e. The average Bonchev–Trinajstić information content (AvgIpc) is 4.18. The Bertz CT molecular complexity index is 4820. The predicted octanol–water partition coefficient (Wildman–Crippen LogP) is 17.1. The SMILES string of the molecule is c1ccc2cc3c(cc2c1)c1cc2ccccc2cc1n3-c1ccc2cc(-c3nc(-c4ccc5oc6ccccc6c5c4)nc(-c4cccc5oc6ccccc6c45)n3)c3oc4ccccc4c3c2c1. The lowest BCUT2D eigenvalue weighted by molar-refractivity contribution is 0.668. The maximum Gasteiger partial charge on any atom is 0.167 e. The van der Waals surface area contributed by atoms with Crippen LogP contribution in [0.4, 0.5) is 0 Å². The predicted molar refractivity (Wildman–Crippen MR) is 285 cm³/mol. The van der Waals surface area contributed by atoms with Gasteiger partial charge in [-0.25, -0.2) is 15.0 Å². The molecule has 0 bridgehead atoms. The van der Waals surface area contributed by atoms with Gasteiger partial charge in [0.05, 0.1) is 16.6 Å². The molecule has 7 nitrogen and oxygen atoms in total. The van der Waals surface area contributed by atoms with Crippen molar-refractivity contribution in [3.63, 3.8) is 0 Å². The Labute approximate surface area is 397 Å². The molecule has 324 valence electrons. The minimum absolute atomic E-state index is 0.498. The van der Waals surface area contributed by atoms with Crippen LogP contribution in [0, 0.1) is 0 Å². The van der Waals surface area contributed by atoms with Crippen molar-refractivity contribution in [1.29, 1.82) is 0 Å². The van der Waals surface area contributed by atoms with Gasteiger partial charge in [-0.15, -0.1) is 0 Å². The summed E-state index contributed by atoms with van der Waals surface area (Å²) in [5, 5.41) is 15.3. The minimum atomic E-state index is 0.498. The highest BCUT2D eigenvalue weighted by Crippen LogP contribution is 2.44. The minimum Gasteiger partial charge on any atom is -0.456 e. The highest BCUT2D eigenvalue weighted by Gasteiger charge is 2.24. The molecule has 16 rings (SSSR count). The summed E-state index contributed by atoms with van der Waals surface area (Å²) in [6.45, 7) is 0. The van der Waals surface area contributed by atoms with Gasteiger partial charge in [0.2, 0.25) is 0 Å². The van der Waals surface area contributed by atoms with Crippen LogP contribution in [0.15, 0.2) is 220 Å². The highest BCUT2D eigenvalue weighted by atomic mass is 16.3. The maximum atomic E-state index is 6.98. The highest BCUT2D eigenvalue weighted by molar-refractivity contribution is 6.23. The van der Waals surface area contributed by atoms with E-state index in [1.807, 2.05) is 72.8 Å². The summed E-state index contributed by atoms with van der Waals surface area (Å²) in [5.74, 6) is 1.56. The van der Waals surface area contributed by atoms with Crippen LogP contribution >= 0.6 is 0 Å². The molecule has 0 unspecified atom stereocenters. The fourth-order valence-electron chi connectivity index (χ4n) is 11.2. The van der Waals surface area contributed by atoms with Gasteiger partial charge >= 0.3 is 0 Å². The number of nitrogens with zero attached hydrogens (tertiary/aromatic N) is 4. The van der Waals surface area contributed by atoms with Crippen molar-refractivity contribution in [1.82, 2.24) is 19.5 Å². The van der Waals surface area contributed by atoms with Crippen molar-refractivity contribution >= 4 is 120 Å². The average molecular weight is 895 g/mol. The number of hydrogen-bond acceptors (Lipinski definition) is 6. The van der Waals surface area contributed by atoms with Gasteiger partial charge in [0.1, 0.15) is 33.5 Å². The van der Waals surface area contributed by atoms with E-state index in [2.05, 4.69) is 138 Å². The molecule has 11 aromatic carbocycles. The second kappa shape index (κ2) is 14.0. The summed E-state index contributed by atoms with van der Waals surface area (Å²) < 4.78 is 22.1. The Balaban J connectivity index is 0.971. The number of hydrogen-bond donors (Lipinski definition) is 0. The van der Waals surface area contributed by atoms with Crippen LogP contribution < -0.4 is 0 Å². The molecule has 0 atom stereocenters. The van der Waals surface area contributed by atoms with Crippen LogP contribution in [0.1, 0.15) is 0 Å². The van der Waals surface area contributed by atoms with E-state index in [4.69, 9.17) is 28.2 Å². The molecule has 0 saturated carbocycles. The van der Waals surface area contributed by atoms with Crippen molar-refractivity contribution in [2.24, 2.45) is 0 Å². The first-order valence-corrected chi connectivity index (χ1v) is 23.5. The quantitative estimate of drug-likeness (QED) is 0.175. The summed E-state index contributed by atoms with van der Waals surface area (Å²) in [6.07, 6.45) is 0. The monoisotopic (exact) mass is 894 g/mol. The van der Waals surface area contributed by atoms with Crippen LogP contribution in [0.25, 0.3) is 160 Å². The molecule has 5 heterocycles. The molecule has 70 heavy (non-hydrogen) atoms. The zero-order valence-electron chi connectivity index (χ0n) is 37.1. The lowest BCUT2D eigenvalue weighted by Gasteiger charge is -2.13. The van der Waals surface area contributed by atoms with Crippen molar-refractivity contribution in [2.45, 2.75) is 0 Å². The van der Waals surface area contributed by atoms with Crippen LogP contribution in [-0.2, 0) is 0 Å². The van der Waals surface area contributed by atoms with Gasteiger partial charge in [0.15, 0.2) is 17.5 Å². The molecule has 0 spiro atoms. The van der Waals surface area contributed by atoms with Crippen molar-refractivity contribution in [3.8, 4) is 39.9 Å². The van der Waals surface area contributed by atoms with Gasteiger partial charge in [0, 0.05) is 59.9 Å². The van der Waals surface area contributed by atoms with Gasteiger partial charge in [-0.05, 0) is 117 Å². The van der Waals surface area contributed by atoms with E-state index in [1.165, 1.54) is 32.3 Å². The molecule has 16 aromatic rings. The Hall–Kier alpha value is -9.59. The van der Waals surface area contributed by atoms with Crippen molar-refractivity contribution in [3.05, 3.63) is 206 Å². The van der Waals surface area contributed by atoms with Gasteiger partial charge in [-0.2, -0.15) is 0 Å². The summed E-state index contributed by atoms with van der Waals surface area (Å²) in [4.78, 5) is 16.1. The molecule has 5 aromatic heterocycles. The molecule has 0 saturated heterocycles. The van der Waals surface area contributed by atoms with Crippen LogP contribution in [0.2, 0.25) is 0 Å². The van der Waals surface area contributed by atoms with Gasteiger partial charge in [-0.1, -0.05) is 121 Å². The lowest BCUT2D eigenvalue weighted by Crippen LogP contribution is -2.01. The van der Waals surface area contributed by atoms with Crippen molar-refractivity contribution in [2.75, 3.05) is 0 Å². The molecule has 0 fully saturated rings. The molecular formula is C63H34N4O3.